The summed E-state index contributed by atoms with van der Waals surface area (Å²) in [6.45, 7) is 1.05. The molecule has 0 bridgehead atoms. The van der Waals surface area contributed by atoms with Crippen LogP contribution >= 0.6 is 11.6 Å². The van der Waals surface area contributed by atoms with E-state index in [0.717, 1.165) is 11.1 Å². The highest BCUT2D eigenvalue weighted by Crippen LogP contribution is 2.22. The van der Waals surface area contributed by atoms with Crippen molar-refractivity contribution in [2.75, 3.05) is 13.2 Å². The quantitative estimate of drug-likeness (QED) is 0.332. The molecule has 5 nitrogen and oxygen atoms in total. The summed E-state index contributed by atoms with van der Waals surface area (Å²) < 4.78 is 12.4. The number of hydrogen-bond acceptors (Lipinski definition) is 4. The van der Waals surface area contributed by atoms with Gasteiger partial charge < -0.3 is 9.47 Å². The van der Waals surface area contributed by atoms with Gasteiger partial charge in [0.1, 0.15) is 19.0 Å². The molecule has 0 atom stereocenters. The summed E-state index contributed by atoms with van der Waals surface area (Å²) in [6.07, 6.45) is 6.62. The highest BCUT2D eigenvalue weighted by atomic mass is 35.5. The van der Waals surface area contributed by atoms with Crippen LogP contribution in [0.3, 0.4) is 0 Å². The Morgan fingerprint density at radius 1 is 1.07 bits per heavy atom. The number of carbonyl (C=O) groups excluding carboxylic acids is 1. The average Bonchev–Trinajstić information content (AvgIpc) is 3.13. The van der Waals surface area contributed by atoms with Gasteiger partial charge >= 0.3 is 5.97 Å². The van der Waals surface area contributed by atoms with Crippen LogP contribution in [0, 0.1) is 0 Å². The van der Waals surface area contributed by atoms with Gasteiger partial charge in [0.05, 0.1) is 17.8 Å². The largest absolute Gasteiger partial charge is 0.488 e. The van der Waals surface area contributed by atoms with Crippen molar-refractivity contribution in [3.05, 3.63) is 89.2 Å². The van der Waals surface area contributed by atoms with Crippen molar-refractivity contribution in [1.29, 1.82) is 0 Å². The van der Waals surface area contributed by atoms with Gasteiger partial charge in [-0.05, 0) is 23.8 Å². The number of esters is 1. The van der Waals surface area contributed by atoms with E-state index >= 15 is 0 Å². The highest BCUT2D eigenvalue weighted by Gasteiger charge is 2.02. The molecule has 0 aliphatic heterocycles. The van der Waals surface area contributed by atoms with Crippen LogP contribution in [0.15, 0.2) is 73.1 Å². The van der Waals surface area contributed by atoms with Gasteiger partial charge in [0.2, 0.25) is 0 Å². The number of ether oxygens (including phenoxy) is 2. The predicted octanol–water partition coefficient (Wildman–Crippen LogP) is 4.22. The van der Waals surface area contributed by atoms with Gasteiger partial charge in [0.15, 0.2) is 0 Å². The Labute approximate surface area is 162 Å². The summed E-state index contributed by atoms with van der Waals surface area (Å²) in [6, 6.07) is 17.2. The molecule has 3 rings (SSSR count). The fourth-order valence-corrected chi connectivity index (χ4v) is 2.58. The predicted molar refractivity (Wildman–Crippen MR) is 105 cm³/mol. The minimum absolute atomic E-state index is 0.141. The van der Waals surface area contributed by atoms with E-state index in [2.05, 4.69) is 5.10 Å². The fraction of sp³-hybridized carbons (Fsp3) is 0.143. The summed E-state index contributed by atoms with van der Waals surface area (Å²) in [5, 5.41) is 4.81. The smallest absolute Gasteiger partial charge is 0.330 e. The zero-order chi connectivity index (χ0) is 18.9. The zero-order valence-corrected chi connectivity index (χ0v) is 15.4. The Morgan fingerprint density at radius 2 is 1.85 bits per heavy atom. The number of nitrogens with zero attached hydrogens (tertiary/aromatic N) is 2. The third-order valence-corrected chi connectivity index (χ3v) is 3.99. The minimum Gasteiger partial charge on any atom is -0.488 e. The van der Waals surface area contributed by atoms with Crippen LogP contribution in [0.25, 0.3) is 6.08 Å². The fourth-order valence-electron chi connectivity index (χ4n) is 2.39. The summed E-state index contributed by atoms with van der Waals surface area (Å²) in [4.78, 5) is 11.8. The molecule has 0 saturated carbocycles. The Balaban J connectivity index is 1.41. The van der Waals surface area contributed by atoms with Crippen LogP contribution in [-0.2, 0) is 16.1 Å². The number of hydrogen-bond donors (Lipinski definition) is 0. The van der Waals surface area contributed by atoms with Crippen LogP contribution < -0.4 is 4.74 Å². The van der Waals surface area contributed by atoms with E-state index < -0.39 is 5.97 Å². The van der Waals surface area contributed by atoms with Crippen molar-refractivity contribution < 1.29 is 14.3 Å². The van der Waals surface area contributed by atoms with Crippen LogP contribution in [0.2, 0.25) is 5.02 Å². The first-order chi connectivity index (χ1) is 13.2. The van der Waals surface area contributed by atoms with E-state index in [4.69, 9.17) is 21.1 Å². The molecule has 1 aromatic heterocycles. The van der Waals surface area contributed by atoms with Gasteiger partial charge in [0.25, 0.3) is 0 Å². The van der Waals surface area contributed by atoms with E-state index in [1.807, 2.05) is 53.3 Å². The van der Waals surface area contributed by atoms with Gasteiger partial charge in [-0.25, -0.2) is 4.79 Å². The van der Waals surface area contributed by atoms with Crippen LogP contribution in [0.1, 0.15) is 11.1 Å². The van der Waals surface area contributed by atoms with E-state index in [1.165, 1.54) is 6.08 Å². The molecule has 0 unspecified atom stereocenters. The molecular weight excluding hydrogens is 364 g/mol. The van der Waals surface area contributed by atoms with Crippen LogP contribution in [0.4, 0.5) is 0 Å². The third-order valence-electron chi connectivity index (χ3n) is 3.67. The molecule has 138 valence electrons. The van der Waals surface area contributed by atoms with Crippen molar-refractivity contribution in [2.45, 2.75) is 6.54 Å². The molecule has 0 saturated heterocycles. The molecule has 0 amide bonds. The maximum atomic E-state index is 11.8. The molecule has 6 heteroatoms. The standard InChI is InChI=1S/C21H19ClN2O3/c22-19-8-4-5-9-20(19)26-12-13-27-21(25)11-10-18-14-23-24(16-18)15-17-6-2-1-3-7-17/h1-11,14,16H,12-13,15H2/b11-10+. The number of benzene rings is 2. The lowest BCUT2D eigenvalue weighted by Crippen LogP contribution is -2.10. The lowest BCUT2D eigenvalue weighted by atomic mass is 10.2. The van der Waals surface area contributed by atoms with Crippen molar-refractivity contribution in [3.8, 4) is 5.75 Å². The molecule has 1 heterocycles. The average molecular weight is 383 g/mol. The minimum atomic E-state index is -0.437. The molecular formula is C21H19ClN2O3. The van der Waals surface area contributed by atoms with E-state index in [0.29, 0.717) is 17.3 Å². The Kier molecular flexibility index (Phi) is 6.66. The molecule has 27 heavy (non-hydrogen) atoms. The van der Waals surface area contributed by atoms with Gasteiger partial charge in [-0.2, -0.15) is 5.10 Å². The normalized spacial score (nSPS) is 10.9. The lowest BCUT2D eigenvalue weighted by molar-refractivity contribution is -0.138. The van der Waals surface area contributed by atoms with Gasteiger partial charge in [0, 0.05) is 17.8 Å². The number of rotatable bonds is 8. The summed E-state index contributed by atoms with van der Waals surface area (Å²) in [5.74, 6) is 0.130. The topological polar surface area (TPSA) is 53.4 Å². The van der Waals surface area contributed by atoms with Crippen molar-refractivity contribution >= 4 is 23.6 Å². The van der Waals surface area contributed by atoms with E-state index in [-0.39, 0.29) is 13.2 Å². The second-order valence-corrected chi connectivity index (χ2v) is 6.14. The molecule has 0 aliphatic carbocycles. The van der Waals surface area contributed by atoms with Gasteiger partial charge in [-0.3, -0.25) is 4.68 Å². The lowest BCUT2D eigenvalue weighted by Gasteiger charge is -2.07. The van der Waals surface area contributed by atoms with Crippen molar-refractivity contribution in [1.82, 2.24) is 9.78 Å². The number of halogens is 1. The van der Waals surface area contributed by atoms with Crippen molar-refractivity contribution in [2.24, 2.45) is 0 Å². The third kappa shape index (κ3) is 6.01. The Bertz CT molecular complexity index is 907. The van der Waals surface area contributed by atoms with Crippen LogP contribution in [-0.4, -0.2) is 29.0 Å². The monoisotopic (exact) mass is 382 g/mol. The highest BCUT2D eigenvalue weighted by molar-refractivity contribution is 6.32. The van der Waals surface area contributed by atoms with E-state index in [1.54, 1.807) is 24.4 Å². The van der Waals surface area contributed by atoms with Gasteiger partial charge in [-0.15, -0.1) is 0 Å². The first-order valence-electron chi connectivity index (χ1n) is 8.49. The summed E-state index contributed by atoms with van der Waals surface area (Å²) in [7, 11) is 0. The number of para-hydroxylation sites is 1. The second kappa shape index (κ2) is 9.59. The molecule has 0 aliphatic rings. The maximum Gasteiger partial charge on any atom is 0.330 e. The SMILES string of the molecule is O=C(/C=C/c1cnn(Cc2ccccc2)c1)OCCOc1ccccc1Cl. The molecule has 0 spiro atoms. The number of aromatic nitrogens is 2. The molecule has 0 N–H and O–H groups in total. The maximum absolute atomic E-state index is 11.8. The Hall–Kier alpha value is -3.05. The second-order valence-electron chi connectivity index (χ2n) is 5.74. The van der Waals surface area contributed by atoms with Gasteiger partial charge in [-0.1, -0.05) is 54.1 Å². The summed E-state index contributed by atoms with van der Waals surface area (Å²) in [5.41, 5.74) is 1.99. The molecule has 2 aromatic carbocycles. The molecule has 0 radical (unpaired) electrons. The number of carbonyl (C=O) groups is 1. The van der Waals surface area contributed by atoms with E-state index in [9.17, 15) is 4.79 Å². The zero-order valence-electron chi connectivity index (χ0n) is 14.6. The van der Waals surface area contributed by atoms with Crippen LogP contribution in [0.5, 0.6) is 5.75 Å². The Morgan fingerprint density at radius 3 is 2.67 bits per heavy atom. The van der Waals surface area contributed by atoms with Crippen molar-refractivity contribution in [3.63, 3.8) is 0 Å². The first-order valence-corrected chi connectivity index (χ1v) is 8.87. The molecule has 3 aromatic rings. The summed E-state index contributed by atoms with van der Waals surface area (Å²) >= 11 is 5.98. The molecule has 0 fully saturated rings. The first kappa shape index (κ1) is 18.7.